The SMILES string of the molecule is CCC(=O)NCC1(OC)Cc2ccccc2C1. The van der Waals surface area contributed by atoms with Gasteiger partial charge in [0.05, 0.1) is 5.60 Å². The van der Waals surface area contributed by atoms with Crippen LogP contribution in [0.4, 0.5) is 0 Å². The van der Waals surface area contributed by atoms with E-state index >= 15 is 0 Å². The molecular formula is C14H19NO2. The lowest BCUT2D eigenvalue weighted by molar-refractivity contribution is -0.122. The van der Waals surface area contributed by atoms with Crippen molar-refractivity contribution < 1.29 is 9.53 Å². The zero-order valence-corrected chi connectivity index (χ0v) is 10.5. The summed E-state index contributed by atoms with van der Waals surface area (Å²) in [6.45, 7) is 2.45. The first-order chi connectivity index (χ1) is 8.19. The van der Waals surface area contributed by atoms with Gasteiger partial charge in [0, 0.05) is 32.9 Å². The Bertz CT molecular complexity index is 389. The van der Waals surface area contributed by atoms with Crippen LogP contribution in [0, 0.1) is 0 Å². The van der Waals surface area contributed by atoms with E-state index in [2.05, 4.69) is 29.6 Å². The highest BCUT2D eigenvalue weighted by Gasteiger charge is 2.37. The molecule has 0 spiro atoms. The highest BCUT2D eigenvalue weighted by molar-refractivity contribution is 5.75. The van der Waals surface area contributed by atoms with Crippen molar-refractivity contribution in [1.29, 1.82) is 0 Å². The summed E-state index contributed by atoms with van der Waals surface area (Å²) in [5, 5.41) is 2.94. The molecule has 1 N–H and O–H groups in total. The normalized spacial score (nSPS) is 16.6. The van der Waals surface area contributed by atoms with Crippen LogP contribution >= 0.6 is 0 Å². The third-order valence-corrected chi connectivity index (χ3v) is 3.51. The molecule has 17 heavy (non-hydrogen) atoms. The summed E-state index contributed by atoms with van der Waals surface area (Å²) in [6.07, 6.45) is 2.28. The van der Waals surface area contributed by atoms with Gasteiger partial charge in [-0.3, -0.25) is 4.79 Å². The number of carbonyl (C=O) groups excluding carboxylic acids is 1. The van der Waals surface area contributed by atoms with Crippen LogP contribution in [0.3, 0.4) is 0 Å². The molecule has 0 atom stereocenters. The Hall–Kier alpha value is -1.35. The molecule has 0 radical (unpaired) electrons. The summed E-state index contributed by atoms with van der Waals surface area (Å²) in [7, 11) is 1.73. The molecule has 1 aliphatic rings. The van der Waals surface area contributed by atoms with Gasteiger partial charge in [0.25, 0.3) is 0 Å². The molecule has 0 saturated carbocycles. The quantitative estimate of drug-likeness (QED) is 0.859. The van der Waals surface area contributed by atoms with Gasteiger partial charge in [-0.15, -0.1) is 0 Å². The molecule has 0 heterocycles. The maximum Gasteiger partial charge on any atom is 0.219 e. The van der Waals surface area contributed by atoms with Crippen molar-refractivity contribution >= 4 is 5.91 Å². The number of carbonyl (C=O) groups is 1. The smallest absolute Gasteiger partial charge is 0.219 e. The van der Waals surface area contributed by atoms with Crippen LogP contribution in [0.15, 0.2) is 24.3 Å². The molecule has 1 aromatic rings. The third kappa shape index (κ3) is 2.50. The Balaban J connectivity index is 2.07. The topological polar surface area (TPSA) is 38.3 Å². The Morgan fingerprint density at radius 3 is 2.41 bits per heavy atom. The number of nitrogens with one attached hydrogen (secondary N) is 1. The second-order valence-corrected chi connectivity index (χ2v) is 4.64. The van der Waals surface area contributed by atoms with Crippen LogP contribution in [0.5, 0.6) is 0 Å². The van der Waals surface area contributed by atoms with Crippen LogP contribution in [-0.4, -0.2) is 25.2 Å². The average molecular weight is 233 g/mol. The van der Waals surface area contributed by atoms with Crippen LogP contribution in [0.1, 0.15) is 24.5 Å². The highest BCUT2D eigenvalue weighted by atomic mass is 16.5. The van der Waals surface area contributed by atoms with Gasteiger partial charge in [0.1, 0.15) is 0 Å². The minimum absolute atomic E-state index is 0.0809. The van der Waals surface area contributed by atoms with Crippen molar-refractivity contribution in [2.24, 2.45) is 0 Å². The molecule has 1 aromatic carbocycles. The lowest BCUT2D eigenvalue weighted by atomic mass is 10.00. The Kier molecular flexibility index (Phi) is 3.48. The lowest BCUT2D eigenvalue weighted by Gasteiger charge is -2.27. The summed E-state index contributed by atoms with van der Waals surface area (Å²) < 4.78 is 5.66. The molecule has 0 unspecified atom stereocenters. The van der Waals surface area contributed by atoms with Gasteiger partial charge in [-0.2, -0.15) is 0 Å². The molecule has 0 aliphatic heterocycles. The lowest BCUT2D eigenvalue weighted by Crippen LogP contribution is -2.45. The van der Waals surface area contributed by atoms with Crippen molar-refractivity contribution in [3.63, 3.8) is 0 Å². The van der Waals surface area contributed by atoms with E-state index in [9.17, 15) is 4.79 Å². The zero-order chi connectivity index (χ0) is 12.3. The molecule has 1 aliphatic carbocycles. The van der Waals surface area contributed by atoms with E-state index in [-0.39, 0.29) is 11.5 Å². The molecule has 0 bridgehead atoms. The average Bonchev–Trinajstić information content (AvgIpc) is 2.75. The number of amides is 1. The van der Waals surface area contributed by atoms with E-state index in [1.807, 2.05) is 6.92 Å². The van der Waals surface area contributed by atoms with Crippen molar-refractivity contribution in [2.75, 3.05) is 13.7 Å². The molecule has 0 aromatic heterocycles. The van der Waals surface area contributed by atoms with Gasteiger partial charge in [0.2, 0.25) is 5.91 Å². The van der Waals surface area contributed by atoms with E-state index in [4.69, 9.17) is 4.74 Å². The number of fused-ring (bicyclic) bond motifs is 1. The van der Waals surface area contributed by atoms with Gasteiger partial charge in [0.15, 0.2) is 0 Å². The second-order valence-electron chi connectivity index (χ2n) is 4.64. The Morgan fingerprint density at radius 1 is 1.35 bits per heavy atom. The van der Waals surface area contributed by atoms with Crippen LogP contribution < -0.4 is 5.32 Å². The van der Waals surface area contributed by atoms with E-state index < -0.39 is 0 Å². The second kappa shape index (κ2) is 4.88. The summed E-state index contributed by atoms with van der Waals surface area (Å²) >= 11 is 0. The first kappa shape index (κ1) is 12.1. The first-order valence-corrected chi connectivity index (χ1v) is 6.08. The van der Waals surface area contributed by atoms with Gasteiger partial charge < -0.3 is 10.1 Å². The standard InChI is InChI=1S/C14H19NO2/c1-3-13(16)15-10-14(17-2)8-11-6-4-5-7-12(11)9-14/h4-7H,3,8-10H2,1-2H3,(H,15,16). The number of hydrogen-bond acceptors (Lipinski definition) is 2. The van der Waals surface area contributed by atoms with Crippen molar-refractivity contribution in [3.05, 3.63) is 35.4 Å². The van der Waals surface area contributed by atoms with Crippen molar-refractivity contribution in [2.45, 2.75) is 31.8 Å². The largest absolute Gasteiger partial charge is 0.376 e. The summed E-state index contributed by atoms with van der Waals surface area (Å²) in [5.41, 5.74) is 2.41. The monoisotopic (exact) mass is 233 g/mol. The third-order valence-electron chi connectivity index (χ3n) is 3.51. The number of hydrogen-bond donors (Lipinski definition) is 1. The first-order valence-electron chi connectivity index (χ1n) is 6.08. The molecule has 0 fully saturated rings. The van der Waals surface area contributed by atoms with Crippen LogP contribution in [0.2, 0.25) is 0 Å². The minimum atomic E-state index is -0.255. The fourth-order valence-corrected chi connectivity index (χ4v) is 2.39. The number of rotatable bonds is 4. The van der Waals surface area contributed by atoms with E-state index in [1.165, 1.54) is 11.1 Å². The predicted octanol–water partition coefficient (Wildman–Crippen LogP) is 1.70. The summed E-state index contributed by atoms with van der Waals surface area (Å²) in [5.74, 6) is 0.0809. The van der Waals surface area contributed by atoms with Crippen LogP contribution in [0.25, 0.3) is 0 Å². The van der Waals surface area contributed by atoms with Gasteiger partial charge in [-0.25, -0.2) is 0 Å². The number of ether oxygens (including phenoxy) is 1. The fourth-order valence-electron chi connectivity index (χ4n) is 2.39. The van der Waals surface area contributed by atoms with Crippen molar-refractivity contribution in [3.8, 4) is 0 Å². The van der Waals surface area contributed by atoms with E-state index in [0.717, 1.165) is 12.8 Å². The fraction of sp³-hybridized carbons (Fsp3) is 0.500. The maximum absolute atomic E-state index is 11.3. The van der Waals surface area contributed by atoms with E-state index in [0.29, 0.717) is 13.0 Å². The van der Waals surface area contributed by atoms with Crippen molar-refractivity contribution in [1.82, 2.24) is 5.32 Å². The maximum atomic E-state index is 11.3. The van der Waals surface area contributed by atoms with Crippen LogP contribution in [-0.2, 0) is 22.4 Å². The van der Waals surface area contributed by atoms with Gasteiger partial charge in [-0.05, 0) is 11.1 Å². The highest BCUT2D eigenvalue weighted by Crippen LogP contribution is 2.31. The molecule has 92 valence electrons. The minimum Gasteiger partial charge on any atom is -0.376 e. The number of benzene rings is 1. The summed E-state index contributed by atoms with van der Waals surface area (Å²) in [6, 6.07) is 8.37. The Morgan fingerprint density at radius 2 is 1.94 bits per heavy atom. The number of methoxy groups -OCH3 is 1. The van der Waals surface area contributed by atoms with Gasteiger partial charge in [-0.1, -0.05) is 31.2 Å². The molecule has 0 saturated heterocycles. The summed E-state index contributed by atoms with van der Waals surface area (Å²) in [4.78, 5) is 11.3. The predicted molar refractivity (Wildman–Crippen MR) is 66.9 cm³/mol. The zero-order valence-electron chi connectivity index (χ0n) is 10.5. The molecule has 3 heteroatoms. The van der Waals surface area contributed by atoms with E-state index in [1.54, 1.807) is 7.11 Å². The van der Waals surface area contributed by atoms with Gasteiger partial charge >= 0.3 is 0 Å². The molecule has 3 nitrogen and oxygen atoms in total. The molecule has 1 amide bonds. The molecular weight excluding hydrogens is 214 g/mol. The Labute approximate surface area is 102 Å². The molecule has 2 rings (SSSR count).